The van der Waals surface area contributed by atoms with E-state index in [0.717, 1.165) is 4.47 Å². The zero-order chi connectivity index (χ0) is 16.1. The first kappa shape index (κ1) is 16.1. The van der Waals surface area contributed by atoms with Crippen LogP contribution in [0.15, 0.2) is 41.0 Å². The van der Waals surface area contributed by atoms with E-state index >= 15 is 0 Å². The molecule has 7 heteroatoms. The van der Waals surface area contributed by atoms with E-state index in [9.17, 15) is 9.59 Å². The first-order valence-electron chi connectivity index (χ1n) is 6.53. The second kappa shape index (κ2) is 7.13. The smallest absolute Gasteiger partial charge is 0.270 e. The number of anilines is 1. The summed E-state index contributed by atoms with van der Waals surface area (Å²) in [6.45, 7) is -0.0402. The number of amides is 2. The lowest BCUT2D eigenvalue weighted by Gasteiger charge is -2.16. The Morgan fingerprint density at radius 3 is 2.55 bits per heavy atom. The van der Waals surface area contributed by atoms with Crippen LogP contribution in [0.2, 0.25) is 0 Å². The Labute approximate surface area is 136 Å². The van der Waals surface area contributed by atoms with Crippen LogP contribution >= 0.6 is 15.9 Å². The molecule has 0 unspecified atom stereocenters. The number of nitrogens with zero attached hydrogens (tertiary/aromatic N) is 1. The largest absolute Gasteiger partial charge is 0.497 e. The van der Waals surface area contributed by atoms with Gasteiger partial charge in [-0.3, -0.25) is 9.59 Å². The van der Waals surface area contributed by atoms with Gasteiger partial charge in [0, 0.05) is 23.4 Å². The molecule has 22 heavy (non-hydrogen) atoms. The molecule has 1 heterocycles. The molecule has 0 aliphatic rings. The van der Waals surface area contributed by atoms with E-state index < -0.39 is 0 Å². The zero-order valence-electron chi connectivity index (χ0n) is 12.2. The highest BCUT2D eigenvalue weighted by atomic mass is 79.9. The molecule has 0 saturated heterocycles. The number of ether oxygens (including phenoxy) is 1. The quantitative estimate of drug-likeness (QED) is 0.854. The molecule has 116 valence electrons. The molecule has 0 radical (unpaired) electrons. The van der Waals surface area contributed by atoms with Crippen molar-refractivity contribution in [3.05, 3.63) is 46.7 Å². The molecule has 1 aromatic carbocycles. The fourth-order valence-electron chi connectivity index (χ4n) is 1.86. The fourth-order valence-corrected chi connectivity index (χ4v) is 2.20. The molecule has 0 aliphatic heterocycles. The van der Waals surface area contributed by atoms with Crippen molar-refractivity contribution >= 4 is 33.4 Å². The number of rotatable bonds is 5. The van der Waals surface area contributed by atoms with Crippen LogP contribution in [-0.4, -0.2) is 42.4 Å². The molecule has 2 amide bonds. The van der Waals surface area contributed by atoms with Crippen molar-refractivity contribution in [3.8, 4) is 5.75 Å². The minimum atomic E-state index is -0.272. The Balaban J connectivity index is 1.91. The number of H-pyrrole nitrogens is 1. The Kier molecular flexibility index (Phi) is 5.21. The molecular formula is C15H16BrN3O3. The summed E-state index contributed by atoms with van der Waals surface area (Å²) in [5.41, 5.74) is 1.07. The number of likely N-dealkylation sites (N-methyl/N-ethyl adjacent to an activating group) is 1. The third kappa shape index (κ3) is 4.11. The van der Waals surface area contributed by atoms with Gasteiger partial charge in [0.05, 0.1) is 13.7 Å². The Hall–Kier alpha value is -2.28. The minimum absolute atomic E-state index is 0.0402. The minimum Gasteiger partial charge on any atom is -0.497 e. The summed E-state index contributed by atoms with van der Waals surface area (Å²) >= 11 is 3.26. The first-order valence-corrected chi connectivity index (χ1v) is 7.32. The lowest BCUT2D eigenvalue weighted by Crippen LogP contribution is -2.35. The number of aromatic nitrogens is 1. The number of carbonyl (C=O) groups is 2. The van der Waals surface area contributed by atoms with Crippen molar-refractivity contribution in [2.45, 2.75) is 0 Å². The van der Waals surface area contributed by atoms with Crippen LogP contribution < -0.4 is 10.1 Å². The topological polar surface area (TPSA) is 74.4 Å². The second-order valence-corrected chi connectivity index (χ2v) is 5.59. The van der Waals surface area contributed by atoms with Crippen LogP contribution in [0.3, 0.4) is 0 Å². The molecule has 2 aromatic rings. The number of carbonyl (C=O) groups excluding carboxylic acids is 2. The Morgan fingerprint density at radius 2 is 2.00 bits per heavy atom. The maximum atomic E-state index is 12.1. The lowest BCUT2D eigenvalue weighted by molar-refractivity contribution is -0.116. The number of hydrogen-bond donors (Lipinski definition) is 2. The highest BCUT2D eigenvalue weighted by molar-refractivity contribution is 9.10. The van der Waals surface area contributed by atoms with Crippen LogP contribution in [-0.2, 0) is 4.79 Å². The van der Waals surface area contributed by atoms with Crippen LogP contribution in [0.1, 0.15) is 10.5 Å². The van der Waals surface area contributed by atoms with E-state index in [-0.39, 0.29) is 18.4 Å². The molecule has 2 N–H and O–H groups in total. The van der Waals surface area contributed by atoms with E-state index in [1.807, 2.05) is 0 Å². The number of benzene rings is 1. The summed E-state index contributed by atoms with van der Waals surface area (Å²) in [5.74, 6) is 0.185. The average molecular weight is 366 g/mol. The van der Waals surface area contributed by atoms with Gasteiger partial charge in [0.25, 0.3) is 5.91 Å². The molecule has 2 rings (SSSR count). The number of nitrogens with one attached hydrogen (secondary N) is 2. The van der Waals surface area contributed by atoms with Crippen LogP contribution in [0.5, 0.6) is 5.75 Å². The molecule has 0 saturated carbocycles. The number of aromatic amines is 1. The fraction of sp³-hybridized carbons (Fsp3) is 0.200. The monoisotopic (exact) mass is 365 g/mol. The van der Waals surface area contributed by atoms with Crippen molar-refractivity contribution in [1.82, 2.24) is 9.88 Å². The van der Waals surface area contributed by atoms with Gasteiger partial charge in [-0.2, -0.15) is 0 Å². The average Bonchev–Trinajstić information content (AvgIpc) is 2.93. The van der Waals surface area contributed by atoms with Crippen molar-refractivity contribution < 1.29 is 14.3 Å². The third-order valence-corrected chi connectivity index (χ3v) is 3.44. The zero-order valence-corrected chi connectivity index (χ0v) is 13.8. The highest BCUT2D eigenvalue weighted by Gasteiger charge is 2.16. The normalized spacial score (nSPS) is 10.1. The molecule has 6 nitrogen and oxygen atoms in total. The second-order valence-electron chi connectivity index (χ2n) is 4.67. The standard InChI is InChI=1S/C15H16BrN3O3/c1-19(15(21)13-7-10(16)8-17-13)9-14(20)18-11-3-5-12(22-2)6-4-11/h3-8,17H,9H2,1-2H3,(H,18,20). The van der Waals surface area contributed by atoms with E-state index in [2.05, 4.69) is 26.2 Å². The van der Waals surface area contributed by atoms with Gasteiger partial charge < -0.3 is 19.9 Å². The first-order chi connectivity index (χ1) is 10.5. The molecule has 0 fully saturated rings. The van der Waals surface area contributed by atoms with E-state index in [0.29, 0.717) is 17.1 Å². The van der Waals surface area contributed by atoms with Gasteiger partial charge >= 0.3 is 0 Å². The van der Waals surface area contributed by atoms with Crippen molar-refractivity contribution in [2.24, 2.45) is 0 Å². The van der Waals surface area contributed by atoms with E-state index in [4.69, 9.17) is 4.74 Å². The molecular weight excluding hydrogens is 350 g/mol. The summed E-state index contributed by atoms with van der Waals surface area (Å²) < 4.78 is 5.83. The maximum absolute atomic E-state index is 12.1. The highest BCUT2D eigenvalue weighted by Crippen LogP contribution is 2.15. The molecule has 0 bridgehead atoms. The predicted molar refractivity (Wildman–Crippen MR) is 87.1 cm³/mol. The summed E-state index contributed by atoms with van der Waals surface area (Å²) in [7, 11) is 3.15. The van der Waals surface area contributed by atoms with Gasteiger partial charge in [0.15, 0.2) is 0 Å². The molecule has 0 aliphatic carbocycles. The number of hydrogen-bond acceptors (Lipinski definition) is 3. The van der Waals surface area contributed by atoms with Crippen LogP contribution in [0.4, 0.5) is 5.69 Å². The van der Waals surface area contributed by atoms with Gasteiger partial charge in [0.2, 0.25) is 5.91 Å². The summed E-state index contributed by atoms with van der Waals surface area (Å²) in [6, 6.07) is 8.64. The summed E-state index contributed by atoms with van der Waals surface area (Å²) in [4.78, 5) is 28.3. The maximum Gasteiger partial charge on any atom is 0.270 e. The van der Waals surface area contributed by atoms with Gasteiger partial charge in [-0.25, -0.2) is 0 Å². The molecule has 1 aromatic heterocycles. The summed E-state index contributed by atoms with van der Waals surface area (Å²) in [6.07, 6.45) is 1.67. The van der Waals surface area contributed by atoms with Crippen LogP contribution in [0, 0.1) is 0 Å². The van der Waals surface area contributed by atoms with Crippen LogP contribution in [0.25, 0.3) is 0 Å². The van der Waals surface area contributed by atoms with Crippen molar-refractivity contribution in [2.75, 3.05) is 26.0 Å². The number of methoxy groups -OCH3 is 1. The Morgan fingerprint density at radius 1 is 1.32 bits per heavy atom. The van der Waals surface area contributed by atoms with Crippen molar-refractivity contribution in [1.29, 1.82) is 0 Å². The van der Waals surface area contributed by atoms with Gasteiger partial charge in [0.1, 0.15) is 11.4 Å². The van der Waals surface area contributed by atoms with E-state index in [1.54, 1.807) is 50.7 Å². The third-order valence-electron chi connectivity index (χ3n) is 2.98. The Bertz CT molecular complexity index is 667. The lowest BCUT2D eigenvalue weighted by atomic mass is 10.3. The predicted octanol–water partition coefficient (Wildman–Crippen LogP) is 2.50. The van der Waals surface area contributed by atoms with E-state index in [1.165, 1.54) is 4.90 Å². The van der Waals surface area contributed by atoms with Gasteiger partial charge in [-0.1, -0.05) is 0 Å². The molecule has 0 atom stereocenters. The van der Waals surface area contributed by atoms with Gasteiger partial charge in [-0.05, 0) is 46.3 Å². The number of halogens is 1. The summed E-state index contributed by atoms with van der Waals surface area (Å²) in [5, 5.41) is 2.73. The van der Waals surface area contributed by atoms with Crippen molar-refractivity contribution in [3.63, 3.8) is 0 Å². The van der Waals surface area contributed by atoms with Gasteiger partial charge in [-0.15, -0.1) is 0 Å². The SMILES string of the molecule is COc1ccc(NC(=O)CN(C)C(=O)c2cc(Br)c[nH]2)cc1. The molecule has 0 spiro atoms.